The summed E-state index contributed by atoms with van der Waals surface area (Å²) in [5.41, 5.74) is 2.57. The molecule has 2 aromatic carbocycles. The number of carbonyl (C=O) groups is 1. The second-order valence-corrected chi connectivity index (χ2v) is 7.55. The Morgan fingerprint density at radius 2 is 1.87 bits per heavy atom. The summed E-state index contributed by atoms with van der Waals surface area (Å²) in [5, 5.41) is 5.33. The average molecular weight is 433 g/mol. The monoisotopic (exact) mass is 432 g/mol. The molecule has 0 spiro atoms. The van der Waals surface area contributed by atoms with Gasteiger partial charge in [-0.2, -0.15) is 0 Å². The molecule has 0 aliphatic rings. The zero-order valence-electron chi connectivity index (χ0n) is 16.8. The lowest BCUT2D eigenvalue weighted by Crippen LogP contribution is -2.31. The number of methoxy groups -OCH3 is 1. The van der Waals surface area contributed by atoms with Gasteiger partial charge in [0.15, 0.2) is 0 Å². The molecular weight excluding hydrogens is 412 g/mol. The normalized spacial score (nSPS) is 10.6. The summed E-state index contributed by atoms with van der Waals surface area (Å²) in [6.45, 7) is 0.608. The highest BCUT2D eigenvalue weighted by Gasteiger charge is 2.11. The molecule has 2 aromatic heterocycles. The Labute approximate surface area is 183 Å². The maximum Gasteiger partial charge on any atom is 0.270 e. The fourth-order valence-corrected chi connectivity index (χ4v) is 3.79. The van der Waals surface area contributed by atoms with Gasteiger partial charge >= 0.3 is 0 Å². The first-order valence-corrected chi connectivity index (χ1v) is 10.5. The maximum atomic E-state index is 12.4. The van der Waals surface area contributed by atoms with Gasteiger partial charge in [0.1, 0.15) is 16.5 Å². The van der Waals surface area contributed by atoms with Crippen LogP contribution in [0.4, 0.5) is 0 Å². The van der Waals surface area contributed by atoms with Crippen molar-refractivity contribution in [2.24, 2.45) is 0 Å². The van der Waals surface area contributed by atoms with Crippen molar-refractivity contribution in [2.45, 2.75) is 6.54 Å². The lowest BCUT2D eigenvalue weighted by atomic mass is 10.1. The third kappa shape index (κ3) is 4.87. The van der Waals surface area contributed by atoms with Gasteiger partial charge in [0.25, 0.3) is 11.5 Å². The van der Waals surface area contributed by atoms with Gasteiger partial charge in [-0.05, 0) is 24.3 Å². The Morgan fingerprint density at radius 3 is 2.58 bits per heavy atom. The number of nitrogens with zero attached hydrogens (tertiary/aromatic N) is 3. The van der Waals surface area contributed by atoms with E-state index in [0.717, 1.165) is 21.9 Å². The molecule has 0 atom stereocenters. The number of thiazole rings is 1. The number of nitrogens with one attached hydrogen (secondary N) is 1. The van der Waals surface area contributed by atoms with Crippen molar-refractivity contribution in [3.63, 3.8) is 0 Å². The lowest BCUT2D eigenvalue weighted by molar-refractivity contribution is 0.0948. The van der Waals surface area contributed by atoms with Crippen LogP contribution < -0.4 is 15.6 Å². The van der Waals surface area contributed by atoms with Gasteiger partial charge in [-0.3, -0.25) is 14.2 Å². The van der Waals surface area contributed by atoms with Crippen LogP contribution in [0.3, 0.4) is 0 Å². The Bertz CT molecular complexity index is 1230. The third-order valence-corrected chi connectivity index (χ3v) is 5.55. The summed E-state index contributed by atoms with van der Waals surface area (Å²) in [6, 6.07) is 18.5. The number of benzene rings is 2. The van der Waals surface area contributed by atoms with Crippen molar-refractivity contribution in [1.82, 2.24) is 19.9 Å². The van der Waals surface area contributed by atoms with Crippen molar-refractivity contribution in [3.05, 3.63) is 88.4 Å². The molecule has 0 bridgehead atoms. The van der Waals surface area contributed by atoms with Crippen LogP contribution in [0.1, 0.15) is 10.5 Å². The number of amides is 1. The average Bonchev–Trinajstić information content (AvgIpc) is 3.31. The molecule has 4 aromatic rings. The summed E-state index contributed by atoms with van der Waals surface area (Å²) in [7, 11) is 1.60. The van der Waals surface area contributed by atoms with E-state index in [1.165, 1.54) is 28.3 Å². The van der Waals surface area contributed by atoms with Crippen molar-refractivity contribution in [1.29, 1.82) is 0 Å². The Kier molecular flexibility index (Phi) is 6.18. The fourth-order valence-electron chi connectivity index (χ4n) is 2.99. The van der Waals surface area contributed by atoms with E-state index in [1.807, 2.05) is 54.6 Å². The number of ether oxygens (including phenoxy) is 1. The van der Waals surface area contributed by atoms with Crippen LogP contribution in [-0.2, 0) is 6.54 Å². The summed E-state index contributed by atoms with van der Waals surface area (Å²) in [6.07, 6.45) is 1.49. The summed E-state index contributed by atoms with van der Waals surface area (Å²) in [5.74, 6) is 0.470. The van der Waals surface area contributed by atoms with E-state index < -0.39 is 0 Å². The van der Waals surface area contributed by atoms with Gasteiger partial charge in [0, 0.05) is 35.7 Å². The molecule has 0 radical (unpaired) electrons. The minimum absolute atomic E-state index is 0.185. The highest BCUT2D eigenvalue weighted by atomic mass is 32.1. The molecular formula is C23H20N4O3S. The van der Waals surface area contributed by atoms with Gasteiger partial charge in [0.05, 0.1) is 19.1 Å². The van der Waals surface area contributed by atoms with Gasteiger partial charge in [-0.25, -0.2) is 9.97 Å². The van der Waals surface area contributed by atoms with Crippen molar-refractivity contribution in [3.8, 4) is 27.6 Å². The van der Waals surface area contributed by atoms with Crippen LogP contribution in [0.5, 0.6) is 5.75 Å². The smallest absolute Gasteiger partial charge is 0.270 e. The maximum absolute atomic E-state index is 12.4. The van der Waals surface area contributed by atoms with Gasteiger partial charge < -0.3 is 10.1 Å². The number of carbonyl (C=O) groups excluding carboxylic acids is 1. The molecule has 7 nitrogen and oxygen atoms in total. The predicted molar refractivity (Wildman–Crippen MR) is 120 cm³/mol. The standard InChI is InChI=1S/C23H20N4O3S/c1-30-18-9-7-16(8-10-18)19-13-21(28)27(15-25-19)12-11-24-22(29)20-14-31-23(26-20)17-5-3-2-4-6-17/h2-10,13-15H,11-12H2,1H3,(H,24,29). The summed E-state index contributed by atoms with van der Waals surface area (Å²) < 4.78 is 6.60. The van der Waals surface area contributed by atoms with E-state index in [4.69, 9.17) is 4.74 Å². The zero-order chi connectivity index (χ0) is 21.6. The Balaban J connectivity index is 1.35. The van der Waals surface area contributed by atoms with Gasteiger partial charge in [-0.15, -0.1) is 11.3 Å². The van der Waals surface area contributed by atoms with E-state index in [2.05, 4.69) is 15.3 Å². The highest BCUT2D eigenvalue weighted by molar-refractivity contribution is 7.13. The molecule has 4 rings (SSSR count). The molecule has 0 aliphatic heterocycles. The molecule has 0 aliphatic carbocycles. The Morgan fingerprint density at radius 1 is 1.10 bits per heavy atom. The van der Waals surface area contributed by atoms with Gasteiger partial charge in [0.2, 0.25) is 0 Å². The molecule has 2 heterocycles. The molecule has 1 amide bonds. The number of hydrogen-bond donors (Lipinski definition) is 1. The van der Waals surface area contributed by atoms with E-state index in [9.17, 15) is 9.59 Å². The van der Waals surface area contributed by atoms with Crippen molar-refractivity contribution >= 4 is 17.2 Å². The van der Waals surface area contributed by atoms with Crippen molar-refractivity contribution < 1.29 is 9.53 Å². The number of aromatic nitrogens is 3. The van der Waals surface area contributed by atoms with Crippen LogP contribution in [-0.4, -0.2) is 34.1 Å². The van der Waals surface area contributed by atoms with Crippen LogP contribution in [0.2, 0.25) is 0 Å². The molecule has 31 heavy (non-hydrogen) atoms. The first kappa shape index (κ1) is 20.5. The topological polar surface area (TPSA) is 86.1 Å². The molecule has 1 N–H and O–H groups in total. The van der Waals surface area contributed by atoms with E-state index in [0.29, 0.717) is 24.5 Å². The van der Waals surface area contributed by atoms with Crippen LogP contribution in [0.15, 0.2) is 77.2 Å². The third-order valence-electron chi connectivity index (χ3n) is 4.66. The van der Waals surface area contributed by atoms with E-state index >= 15 is 0 Å². The second kappa shape index (κ2) is 9.36. The molecule has 8 heteroatoms. The Hall–Kier alpha value is -3.78. The zero-order valence-corrected chi connectivity index (χ0v) is 17.6. The molecule has 0 saturated heterocycles. The molecule has 0 unspecified atom stereocenters. The van der Waals surface area contributed by atoms with E-state index in [-0.39, 0.29) is 11.5 Å². The van der Waals surface area contributed by atoms with E-state index in [1.54, 1.807) is 12.5 Å². The van der Waals surface area contributed by atoms with Crippen LogP contribution in [0.25, 0.3) is 21.8 Å². The quantitative estimate of drug-likeness (QED) is 0.483. The summed E-state index contributed by atoms with van der Waals surface area (Å²) >= 11 is 1.42. The minimum atomic E-state index is -0.269. The van der Waals surface area contributed by atoms with Gasteiger partial charge in [-0.1, -0.05) is 30.3 Å². The summed E-state index contributed by atoms with van der Waals surface area (Å²) in [4.78, 5) is 33.5. The first-order chi connectivity index (χ1) is 15.1. The number of hydrogen-bond acceptors (Lipinski definition) is 6. The highest BCUT2D eigenvalue weighted by Crippen LogP contribution is 2.23. The fraction of sp³-hybridized carbons (Fsp3) is 0.130. The van der Waals surface area contributed by atoms with Crippen LogP contribution in [0, 0.1) is 0 Å². The SMILES string of the molecule is COc1ccc(-c2cc(=O)n(CCNC(=O)c3csc(-c4ccccc4)n3)cn2)cc1. The first-order valence-electron chi connectivity index (χ1n) is 9.64. The minimum Gasteiger partial charge on any atom is -0.497 e. The largest absolute Gasteiger partial charge is 0.497 e. The molecule has 0 saturated carbocycles. The second-order valence-electron chi connectivity index (χ2n) is 6.69. The van der Waals surface area contributed by atoms with Crippen molar-refractivity contribution in [2.75, 3.05) is 13.7 Å². The predicted octanol–water partition coefficient (Wildman–Crippen LogP) is 3.47. The molecule has 156 valence electrons. The molecule has 0 fully saturated rings. The van der Waals surface area contributed by atoms with Crippen LogP contribution >= 0.6 is 11.3 Å². The lowest BCUT2D eigenvalue weighted by Gasteiger charge is -2.08. The number of rotatable bonds is 7.